The second-order valence-electron chi connectivity index (χ2n) is 5.26. The van der Waals surface area contributed by atoms with Crippen LogP contribution in [0.2, 0.25) is 5.02 Å². The quantitative estimate of drug-likeness (QED) is 0.902. The molecular weight excluding hydrogens is 284 g/mol. The summed E-state index contributed by atoms with van der Waals surface area (Å²) in [7, 11) is -3.46. The Balaban J connectivity index is 1.87. The molecule has 0 amide bonds. The van der Waals surface area contributed by atoms with Crippen LogP contribution in [0.3, 0.4) is 0 Å². The molecule has 2 fully saturated rings. The maximum absolute atomic E-state index is 12.6. The molecule has 3 rings (SSSR count). The number of hydrogen-bond acceptors (Lipinski definition) is 3. The van der Waals surface area contributed by atoms with Gasteiger partial charge in [0.15, 0.2) is 0 Å². The Morgan fingerprint density at radius 2 is 1.95 bits per heavy atom. The molecule has 4 nitrogen and oxygen atoms in total. The van der Waals surface area contributed by atoms with Crippen molar-refractivity contribution in [1.29, 1.82) is 0 Å². The number of hydrogen-bond donors (Lipinski definition) is 1. The zero-order chi connectivity index (χ0) is 13.5. The number of sulfonamides is 1. The van der Waals surface area contributed by atoms with E-state index < -0.39 is 10.0 Å². The molecule has 2 saturated heterocycles. The molecule has 2 aliphatic rings. The number of fused-ring (bicyclic) bond motifs is 1. The van der Waals surface area contributed by atoms with Crippen LogP contribution in [-0.2, 0) is 10.0 Å². The van der Waals surface area contributed by atoms with E-state index in [4.69, 9.17) is 11.6 Å². The van der Waals surface area contributed by atoms with E-state index >= 15 is 0 Å². The maximum Gasteiger partial charge on any atom is 0.244 e. The first-order valence-corrected chi connectivity index (χ1v) is 8.36. The van der Waals surface area contributed by atoms with E-state index in [0.717, 1.165) is 19.5 Å². The lowest BCUT2D eigenvalue weighted by molar-refractivity contribution is 0.228. The van der Waals surface area contributed by atoms with Crippen LogP contribution in [0.5, 0.6) is 0 Å². The van der Waals surface area contributed by atoms with Gasteiger partial charge in [0.25, 0.3) is 0 Å². The molecule has 6 heteroatoms. The molecule has 1 aromatic rings. The van der Waals surface area contributed by atoms with Gasteiger partial charge in [0.2, 0.25) is 10.0 Å². The normalized spacial score (nSPS) is 28.3. The molecule has 1 aromatic carbocycles. The summed E-state index contributed by atoms with van der Waals surface area (Å²) in [6.45, 7) is 3.13. The highest BCUT2D eigenvalue weighted by atomic mass is 35.5. The molecule has 2 atom stereocenters. The van der Waals surface area contributed by atoms with Crippen LogP contribution in [0, 0.1) is 11.8 Å². The highest BCUT2D eigenvalue weighted by Gasteiger charge is 2.38. The molecule has 19 heavy (non-hydrogen) atoms. The highest BCUT2D eigenvalue weighted by molar-refractivity contribution is 7.89. The predicted octanol–water partition coefficient (Wildman–Crippen LogP) is 1.57. The van der Waals surface area contributed by atoms with Crippen LogP contribution in [0.1, 0.15) is 6.42 Å². The van der Waals surface area contributed by atoms with Crippen LogP contribution < -0.4 is 5.32 Å². The van der Waals surface area contributed by atoms with E-state index in [-0.39, 0.29) is 4.90 Å². The summed E-state index contributed by atoms with van der Waals surface area (Å²) in [5.74, 6) is 1.06. The van der Waals surface area contributed by atoms with Gasteiger partial charge in [0.05, 0.1) is 5.02 Å². The minimum atomic E-state index is -3.46. The number of nitrogens with one attached hydrogen (secondary N) is 1. The fourth-order valence-corrected chi connectivity index (χ4v) is 5.02. The molecule has 0 bridgehead atoms. The summed E-state index contributed by atoms with van der Waals surface area (Å²) in [5.41, 5.74) is 0. The van der Waals surface area contributed by atoms with Crippen molar-refractivity contribution in [2.45, 2.75) is 11.3 Å². The third kappa shape index (κ3) is 2.40. The Hall–Kier alpha value is -0.620. The lowest BCUT2D eigenvalue weighted by atomic mass is 9.90. The summed E-state index contributed by atoms with van der Waals surface area (Å²) >= 11 is 6.02. The van der Waals surface area contributed by atoms with E-state index in [2.05, 4.69) is 5.32 Å². The number of nitrogens with zero attached hydrogens (tertiary/aromatic N) is 1. The van der Waals surface area contributed by atoms with Gasteiger partial charge in [-0.25, -0.2) is 8.42 Å². The van der Waals surface area contributed by atoms with E-state index in [9.17, 15) is 8.42 Å². The van der Waals surface area contributed by atoms with Gasteiger partial charge in [0, 0.05) is 13.1 Å². The molecule has 2 heterocycles. The number of rotatable bonds is 2. The van der Waals surface area contributed by atoms with E-state index in [1.807, 2.05) is 0 Å². The van der Waals surface area contributed by atoms with Gasteiger partial charge in [0.1, 0.15) is 4.90 Å². The van der Waals surface area contributed by atoms with Gasteiger partial charge in [-0.15, -0.1) is 0 Å². The molecule has 104 valence electrons. The lowest BCUT2D eigenvalue weighted by Gasteiger charge is -2.33. The zero-order valence-corrected chi connectivity index (χ0v) is 12.1. The molecule has 2 unspecified atom stereocenters. The Bertz CT molecular complexity index is 576. The third-order valence-corrected chi connectivity index (χ3v) is 6.49. The van der Waals surface area contributed by atoms with Crippen molar-refractivity contribution in [3.63, 3.8) is 0 Å². The first-order valence-electron chi connectivity index (χ1n) is 6.54. The van der Waals surface area contributed by atoms with Crippen molar-refractivity contribution in [1.82, 2.24) is 9.62 Å². The topological polar surface area (TPSA) is 49.4 Å². The van der Waals surface area contributed by atoms with Crippen molar-refractivity contribution in [2.75, 3.05) is 26.2 Å². The molecular formula is C13H17ClN2O2S. The summed E-state index contributed by atoms with van der Waals surface area (Å²) in [6.07, 6.45) is 0.932. The molecule has 0 spiro atoms. The van der Waals surface area contributed by atoms with Crippen LogP contribution in [0.4, 0.5) is 0 Å². The predicted molar refractivity (Wildman–Crippen MR) is 74.7 cm³/mol. The zero-order valence-electron chi connectivity index (χ0n) is 10.5. The Labute approximate surface area is 118 Å². The van der Waals surface area contributed by atoms with Crippen molar-refractivity contribution < 1.29 is 8.42 Å². The lowest BCUT2D eigenvalue weighted by Crippen LogP contribution is -2.43. The number of piperidine rings is 1. The van der Waals surface area contributed by atoms with Gasteiger partial charge in [-0.3, -0.25) is 0 Å². The Morgan fingerprint density at radius 1 is 1.21 bits per heavy atom. The maximum atomic E-state index is 12.6. The first kappa shape index (κ1) is 13.4. The SMILES string of the molecule is O=S(=O)(c1ccccc1Cl)N1CCC2CNCC2C1. The van der Waals surface area contributed by atoms with Crippen LogP contribution in [0.15, 0.2) is 29.2 Å². The Morgan fingerprint density at radius 3 is 2.74 bits per heavy atom. The van der Waals surface area contributed by atoms with Crippen molar-refractivity contribution in [3.05, 3.63) is 29.3 Å². The molecule has 0 radical (unpaired) electrons. The monoisotopic (exact) mass is 300 g/mol. The molecule has 0 saturated carbocycles. The molecule has 0 aliphatic carbocycles. The van der Waals surface area contributed by atoms with Crippen molar-refractivity contribution in [2.24, 2.45) is 11.8 Å². The van der Waals surface area contributed by atoms with Gasteiger partial charge in [-0.05, 0) is 43.5 Å². The average Bonchev–Trinajstić information content (AvgIpc) is 2.86. The Kier molecular flexibility index (Phi) is 3.55. The molecule has 1 N–H and O–H groups in total. The van der Waals surface area contributed by atoms with Crippen molar-refractivity contribution in [3.8, 4) is 0 Å². The smallest absolute Gasteiger partial charge is 0.244 e. The standard InChI is InChI=1S/C13H17ClN2O2S/c14-12-3-1-2-4-13(12)19(17,18)16-6-5-10-7-15-8-11(10)9-16/h1-4,10-11,15H,5-9H2. The van der Waals surface area contributed by atoms with Crippen LogP contribution in [0.25, 0.3) is 0 Å². The second-order valence-corrected chi connectivity index (χ2v) is 7.57. The van der Waals surface area contributed by atoms with Gasteiger partial charge < -0.3 is 5.32 Å². The van der Waals surface area contributed by atoms with E-state index in [1.165, 1.54) is 0 Å². The van der Waals surface area contributed by atoms with E-state index in [0.29, 0.717) is 29.9 Å². The van der Waals surface area contributed by atoms with Gasteiger partial charge in [-0.2, -0.15) is 4.31 Å². The van der Waals surface area contributed by atoms with Crippen LogP contribution >= 0.6 is 11.6 Å². The summed E-state index contributed by atoms with van der Waals surface area (Å²) < 4.78 is 26.8. The molecule has 2 aliphatic heterocycles. The number of benzene rings is 1. The van der Waals surface area contributed by atoms with Gasteiger partial charge in [-0.1, -0.05) is 23.7 Å². The summed E-state index contributed by atoms with van der Waals surface area (Å²) in [4.78, 5) is 0.223. The summed E-state index contributed by atoms with van der Waals surface area (Å²) in [6, 6.07) is 6.66. The fraction of sp³-hybridized carbons (Fsp3) is 0.538. The summed E-state index contributed by atoms with van der Waals surface area (Å²) in [5, 5.41) is 3.64. The van der Waals surface area contributed by atoms with Crippen LogP contribution in [-0.4, -0.2) is 38.9 Å². The van der Waals surface area contributed by atoms with Gasteiger partial charge >= 0.3 is 0 Å². The fourth-order valence-electron chi connectivity index (χ4n) is 3.01. The van der Waals surface area contributed by atoms with E-state index in [1.54, 1.807) is 28.6 Å². The minimum Gasteiger partial charge on any atom is -0.316 e. The minimum absolute atomic E-state index is 0.223. The highest BCUT2D eigenvalue weighted by Crippen LogP contribution is 2.31. The second kappa shape index (κ2) is 5.05. The first-order chi connectivity index (χ1) is 9.09. The molecule has 0 aromatic heterocycles. The average molecular weight is 301 g/mol. The van der Waals surface area contributed by atoms with Crippen molar-refractivity contribution >= 4 is 21.6 Å². The number of halogens is 1. The third-order valence-electron chi connectivity index (χ3n) is 4.12. The largest absolute Gasteiger partial charge is 0.316 e.